The maximum Gasteiger partial charge on any atom is 0.148 e. The van der Waals surface area contributed by atoms with E-state index in [4.69, 9.17) is 4.74 Å². The average Bonchev–Trinajstić information content (AvgIpc) is 2.85. The van der Waals surface area contributed by atoms with Crippen LogP contribution in [0.1, 0.15) is 30.4 Å². The fraction of sp³-hybridized carbons (Fsp3) is 0.385. The number of hydrogen-bond donors (Lipinski definition) is 2. The highest BCUT2D eigenvalue weighted by Gasteiger charge is 2.16. The molecular weight excluding hydrogens is 400 g/mol. The first kappa shape index (κ1) is 22.2. The quantitative estimate of drug-likeness (QED) is 0.495. The molecule has 0 atom stereocenters. The van der Waals surface area contributed by atoms with Gasteiger partial charge < -0.3 is 15.2 Å². The third-order valence-corrected chi connectivity index (χ3v) is 5.98. The van der Waals surface area contributed by atoms with Crippen LogP contribution in [0.4, 0.5) is 5.82 Å². The van der Waals surface area contributed by atoms with Crippen molar-refractivity contribution in [1.82, 2.24) is 15.1 Å². The normalized spacial score (nSPS) is 14.9. The Kier molecular flexibility index (Phi) is 7.69. The van der Waals surface area contributed by atoms with Crippen LogP contribution in [0.25, 0.3) is 11.3 Å². The second kappa shape index (κ2) is 11.1. The Hall–Kier alpha value is -2.96. The lowest BCUT2D eigenvalue weighted by atomic mass is 10.0. The number of nitrogens with one attached hydrogen (secondary N) is 1. The van der Waals surface area contributed by atoms with E-state index in [1.807, 2.05) is 36.4 Å². The van der Waals surface area contributed by atoms with Crippen LogP contribution in [0, 0.1) is 0 Å². The number of rotatable bonds is 9. The molecule has 0 amide bonds. The van der Waals surface area contributed by atoms with E-state index in [2.05, 4.69) is 44.7 Å². The van der Waals surface area contributed by atoms with Gasteiger partial charge >= 0.3 is 0 Å². The van der Waals surface area contributed by atoms with Crippen molar-refractivity contribution in [1.29, 1.82) is 0 Å². The van der Waals surface area contributed by atoms with Gasteiger partial charge in [-0.3, -0.25) is 4.90 Å². The van der Waals surface area contributed by atoms with Gasteiger partial charge in [0.05, 0.1) is 18.9 Å². The van der Waals surface area contributed by atoms with Gasteiger partial charge in [-0.05, 0) is 73.2 Å². The fourth-order valence-electron chi connectivity index (χ4n) is 4.00. The Balaban J connectivity index is 1.18. The van der Waals surface area contributed by atoms with Crippen molar-refractivity contribution in [3.63, 3.8) is 0 Å². The van der Waals surface area contributed by atoms with Gasteiger partial charge in [0, 0.05) is 31.7 Å². The smallest absolute Gasteiger partial charge is 0.148 e. The van der Waals surface area contributed by atoms with Crippen molar-refractivity contribution >= 4 is 5.82 Å². The van der Waals surface area contributed by atoms with Crippen LogP contribution < -0.4 is 10.1 Å². The minimum absolute atomic E-state index is 0.111. The number of benzene rings is 2. The molecule has 1 aliphatic heterocycles. The zero-order chi connectivity index (χ0) is 22.2. The molecule has 2 N–H and O–H groups in total. The molecule has 0 radical (unpaired) electrons. The van der Waals surface area contributed by atoms with Gasteiger partial charge in [0.1, 0.15) is 11.6 Å². The molecule has 1 saturated heterocycles. The third-order valence-electron chi connectivity index (χ3n) is 5.98. The number of piperidine rings is 1. The van der Waals surface area contributed by atoms with E-state index in [1.54, 1.807) is 7.11 Å². The molecule has 6 heteroatoms. The second-order valence-corrected chi connectivity index (χ2v) is 8.39. The van der Waals surface area contributed by atoms with Crippen LogP contribution >= 0.6 is 0 Å². The monoisotopic (exact) mass is 432 g/mol. The molecule has 1 aromatic heterocycles. The third kappa shape index (κ3) is 6.28. The Labute approximate surface area is 190 Å². The molecule has 3 aromatic rings. The Morgan fingerprint density at radius 1 is 0.938 bits per heavy atom. The molecule has 2 heterocycles. The minimum atomic E-state index is -0.111. The van der Waals surface area contributed by atoms with Crippen LogP contribution in [0.2, 0.25) is 0 Å². The topological polar surface area (TPSA) is 70.5 Å². The first-order chi connectivity index (χ1) is 15.7. The fourth-order valence-corrected chi connectivity index (χ4v) is 4.00. The van der Waals surface area contributed by atoms with Gasteiger partial charge in [-0.1, -0.05) is 24.3 Å². The van der Waals surface area contributed by atoms with E-state index in [0.717, 1.165) is 74.7 Å². The van der Waals surface area contributed by atoms with E-state index in [1.165, 1.54) is 11.1 Å². The van der Waals surface area contributed by atoms with Gasteiger partial charge in [-0.15, -0.1) is 10.2 Å². The molecule has 168 valence electrons. The van der Waals surface area contributed by atoms with E-state index in [9.17, 15) is 5.11 Å². The predicted octanol–water partition coefficient (Wildman–Crippen LogP) is 4.15. The van der Waals surface area contributed by atoms with Crippen molar-refractivity contribution in [3.05, 3.63) is 71.8 Å². The summed E-state index contributed by atoms with van der Waals surface area (Å²) in [5.41, 5.74) is 4.56. The summed E-state index contributed by atoms with van der Waals surface area (Å²) in [6.45, 7) is 3.80. The van der Waals surface area contributed by atoms with Crippen LogP contribution in [-0.2, 0) is 13.0 Å². The van der Waals surface area contributed by atoms with Crippen LogP contribution in [0.15, 0.2) is 60.7 Å². The van der Waals surface area contributed by atoms with Crippen molar-refractivity contribution in [2.75, 3.05) is 32.1 Å². The number of methoxy groups -OCH3 is 1. The summed E-state index contributed by atoms with van der Waals surface area (Å²) in [6, 6.07) is 20.7. The Morgan fingerprint density at radius 3 is 2.31 bits per heavy atom. The van der Waals surface area contributed by atoms with Crippen LogP contribution in [0.3, 0.4) is 0 Å². The number of hydrogen-bond acceptors (Lipinski definition) is 6. The summed E-state index contributed by atoms with van der Waals surface area (Å²) in [6.07, 6.45) is 3.73. The lowest BCUT2D eigenvalue weighted by Gasteiger charge is -2.29. The molecule has 1 aliphatic rings. The van der Waals surface area contributed by atoms with Crippen molar-refractivity contribution in [3.8, 4) is 17.0 Å². The zero-order valence-corrected chi connectivity index (χ0v) is 18.7. The van der Waals surface area contributed by atoms with Crippen molar-refractivity contribution < 1.29 is 9.84 Å². The lowest BCUT2D eigenvalue weighted by molar-refractivity contribution is 0.0792. The number of aryl methyl sites for hydroxylation is 1. The Bertz CT molecular complexity index is 951. The molecule has 0 aliphatic carbocycles. The number of nitrogens with zero attached hydrogens (tertiary/aromatic N) is 3. The molecule has 4 rings (SSSR count). The predicted molar refractivity (Wildman–Crippen MR) is 128 cm³/mol. The SMILES string of the molecule is COc1ccc(-c2ccc(NCCCc3ccc(CN4CCC(O)CC4)cc3)nn2)cc1. The molecule has 32 heavy (non-hydrogen) atoms. The van der Waals surface area contributed by atoms with Gasteiger partial charge in [-0.25, -0.2) is 0 Å². The van der Waals surface area contributed by atoms with Crippen LogP contribution in [-0.4, -0.2) is 53.1 Å². The Morgan fingerprint density at radius 2 is 1.66 bits per heavy atom. The number of aliphatic hydroxyl groups is 1. The number of anilines is 1. The summed E-state index contributed by atoms with van der Waals surface area (Å²) in [7, 11) is 1.66. The highest BCUT2D eigenvalue weighted by atomic mass is 16.5. The number of ether oxygens (including phenoxy) is 1. The summed E-state index contributed by atoms with van der Waals surface area (Å²) in [5, 5.41) is 21.6. The lowest BCUT2D eigenvalue weighted by Crippen LogP contribution is -2.35. The van der Waals surface area contributed by atoms with E-state index < -0.39 is 0 Å². The van der Waals surface area contributed by atoms with Gasteiger partial charge in [0.2, 0.25) is 0 Å². The number of likely N-dealkylation sites (tertiary alicyclic amines) is 1. The van der Waals surface area contributed by atoms with Gasteiger partial charge in [-0.2, -0.15) is 0 Å². The first-order valence-corrected chi connectivity index (χ1v) is 11.4. The maximum absolute atomic E-state index is 9.64. The molecule has 6 nitrogen and oxygen atoms in total. The zero-order valence-electron chi connectivity index (χ0n) is 18.7. The highest BCUT2D eigenvalue weighted by molar-refractivity contribution is 5.60. The maximum atomic E-state index is 9.64. The van der Waals surface area contributed by atoms with Gasteiger partial charge in [0.25, 0.3) is 0 Å². The number of aromatic nitrogens is 2. The van der Waals surface area contributed by atoms with Gasteiger partial charge in [0.15, 0.2) is 0 Å². The molecule has 0 spiro atoms. The standard InChI is InChI=1S/C26H32N4O2/c1-32-24-10-8-22(9-11-24)25-12-13-26(29-28-25)27-16-2-3-20-4-6-21(7-5-20)19-30-17-14-23(31)15-18-30/h4-13,23,31H,2-3,14-19H2,1H3,(H,27,29). The molecule has 0 unspecified atom stereocenters. The molecular formula is C26H32N4O2. The molecule has 1 fully saturated rings. The van der Waals surface area contributed by atoms with Crippen molar-refractivity contribution in [2.45, 2.75) is 38.3 Å². The summed E-state index contributed by atoms with van der Waals surface area (Å²) in [4.78, 5) is 2.42. The summed E-state index contributed by atoms with van der Waals surface area (Å²) < 4.78 is 5.20. The molecule has 0 saturated carbocycles. The molecule has 2 aromatic carbocycles. The first-order valence-electron chi connectivity index (χ1n) is 11.4. The highest BCUT2D eigenvalue weighted by Crippen LogP contribution is 2.20. The molecule has 0 bridgehead atoms. The van der Waals surface area contributed by atoms with Crippen LogP contribution in [0.5, 0.6) is 5.75 Å². The summed E-state index contributed by atoms with van der Waals surface area (Å²) in [5.74, 6) is 1.63. The summed E-state index contributed by atoms with van der Waals surface area (Å²) >= 11 is 0. The minimum Gasteiger partial charge on any atom is -0.497 e. The largest absolute Gasteiger partial charge is 0.497 e. The van der Waals surface area contributed by atoms with Crippen molar-refractivity contribution in [2.24, 2.45) is 0 Å². The van der Waals surface area contributed by atoms with E-state index >= 15 is 0 Å². The second-order valence-electron chi connectivity index (χ2n) is 8.39. The number of aliphatic hydroxyl groups excluding tert-OH is 1. The van der Waals surface area contributed by atoms with E-state index in [-0.39, 0.29) is 6.10 Å². The average molecular weight is 433 g/mol. The van der Waals surface area contributed by atoms with E-state index in [0.29, 0.717) is 0 Å².